The summed E-state index contributed by atoms with van der Waals surface area (Å²) >= 11 is 12.2. The van der Waals surface area contributed by atoms with Crippen LogP contribution in [0.3, 0.4) is 0 Å². The van der Waals surface area contributed by atoms with Crippen LogP contribution in [0, 0.1) is 6.92 Å². The van der Waals surface area contributed by atoms with Crippen molar-refractivity contribution >= 4 is 28.9 Å². The van der Waals surface area contributed by atoms with Gasteiger partial charge in [-0.05, 0) is 25.6 Å². The molecule has 0 saturated carbocycles. The molecule has 16 heavy (non-hydrogen) atoms. The van der Waals surface area contributed by atoms with Crippen LogP contribution in [0.15, 0.2) is 18.2 Å². The second-order valence-corrected chi connectivity index (χ2v) is 4.69. The van der Waals surface area contributed by atoms with E-state index in [9.17, 15) is 0 Å². The number of hydrogen-bond acceptors (Lipinski definition) is 2. The van der Waals surface area contributed by atoms with Gasteiger partial charge in [0, 0.05) is 26.2 Å². The van der Waals surface area contributed by atoms with Crippen LogP contribution < -0.4 is 4.90 Å². The molecular weight excluding hydrogens is 243 g/mol. The van der Waals surface area contributed by atoms with E-state index in [2.05, 4.69) is 16.7 Å². The second-order valence-electron chi connectivity index (χ2n) is 3.90. The summed E-state index contributed by atoms with van der Waals surface area (Å²) in [6, 6.07) is 5.78. The van der Waals surface area contributed by atoms with Gasteiger partial charge in [0.25, 0.3) is 0 Å². The SMILES string of the molecule is [CH2]CN1CCN(c2cccc(Cl)c2Cl)CC1. The fourth-order valence-electron chi connectivity index (χ4n) is 1.95. The molecule has 0 bridgehead atoms. The van der Waals surface area contributed by atoms with Gasteiger partial charge in [-0.25, -0.2) is 0 Å². The predicted molar refractivity (Wildman–Crippen MR) is 70.5 cm³/mol. The summed E-state index contributed by atoms with van der Waals surface area (Å²) in [4.78, 5) is 4.61. The van der Waals surface area contributed by atoms with Crippen molar-refractivity contribution < 1.29 is 0 Å². The topological polar surface area (TPSA) is 6.48 Å². The van der Waals surface area contributed by atoms with Crippen molar-refractivity contribution in [1.29, 1.82) is 0 Å². The molecule has 2 rings (SSSR count). The van der Waals surface area contributed by atoms with Crippen molar-refractivity contribution in [2.45, 2.75) is 0 Å². The highest BCUT2D eigenvalue weighted by Gasteiger charge is 2.18. The van der Waals surface area contributed by atoms with Crippen LogP contribution in [0.4, 0.5) is 5.69 Å². The molecule has 0 amide bonds. The summed E-state index contributed by atoms with van der Waals surface area (Å²) in [5.74, 6) is 0. The number of benzene rings is 1. The number of nitrogens with zero attached hydrogens (tertiary/aromatic N) is 2. The van der Waals surface area contributed by atoms with E-state index in [1.54, 1.807) is 0 Å². The first kappa shape index (κ1) is 12.0. The van der Waals surface area contributed by atoms with E-state index >= 15 is 0 Å². The van der Waals surface area contributed by atoms with Gasteiger partial charge >= 0.3 is 0 Å². The normalized spacial score (nSPS) is 17.8. The van der Waals surface area contributed by atoms with E-state index < -0.39 is 0 Å². The largest absolute Gasteiger partial charge is 0.368 e. The molecule has 1 saturated heterocycles. The Morgan fingerprint density at radius 1 is 1.12 bits per heavy atom. The maximum Gasteiger partial charge on any atom is 0.0825 e. The average Bonchev–Trinajstić information content (AvgIpc) is 2.33. The maximum absolute atomic E-state index is 6.20. The van der Waals surface area contributed by atoms with Gasteiger partial charge in [0.15, 0.2) is 0 Å². The average molecular weight is 258 g/mol. The van der Waals surface area contributed by atoms with Crippen LogP contribution in [0.2, 0.25) is 10.0 Å². The molecule has 2 nitrogen and oxygen atoms in total. The minimum atomic E-state index is 0.624. The zero-order valence-electron chi connectivity index (χ0n) is 9.13. The summed E-state index contributed by atoms with van der Waals surface area (Å²) < 4.78 is 0. The van der Waals surface area contributed by atoms with E-state index in [1.165, 1.54) is 0 Å². The maximum atomic E-state index is 6.20. The number of halogens is 2. The van der Waals surface area contributed by atoms with E-state index in [0.717, 1.165) is 38.4 Å². The monoisotopic (exact) mass is 257 g/mol. The van der Waals surface area contributed by atoms with Crippen molar-refractivity contribution in [3.8, 4) is 0 Å². The molecule has 0 N–H and O–H groups in total. The first-order valence-electron chi connectivity index (χ1n) is 5.43. The molecule has 1 aliphatic heterocycles. The van der Waals surface area contributed by atoms with Gasteiger partial charge in [-0.2, -0.15) is 0 Å². The summed E-state index contributed by atoms with van der Waals surface area (Å²) in [5.41, 5.74) is 1.04. The van der Waals surface area contributed by atoms with Crippen molar-refractivity contribution in [1.82, 2.24) is 4.90 Å². The van der Waals surface area contributed by atoms with Crippen molar-refractivity contribution in [3.05, 3.63) is 35.2 Å². The van der Waals surface area contributed by atoms with Crippen LogP contribution in [-0.4, -0.2) is 37.6 Å². The minimum absolute atomic E-state index is 0.624. The van der Waals surface area contributed by atoms with Gasteiger partial charge in [0.2, 0.25) is 0 Å². The molecule has 0 atom stereocenters. The van der Waals surface area contributed by atoms with Gasteiger partial charge in [0.1, 0.15) is 0 Å². The standard InChI is InChI=1S/C12H15Cl2N2/c1-2-15-6-8-16(9-7-15)11-5-3-4-10(13)12(11)14/h3-5H,1-2,6-9H2. The molecule has 87 valence electrons. The molecule has 1 radical (unpaired) electrons. The number of piperazine rings is 1. The van der Waals surface area contributed by atoms with Crippen LogP contribution >= 0.6 is 23.2 Å². The van der Waals surface area contributed by atoms with Gasteiger partial charge < -0.3 is 4.90 Å². The quantitative estimate of drug-likeness (QED) is 0.804. The van der Waals surface area contributed by atoms with Gasteiger partial charge in [-0.3, -0.25) is 4.90 Å². The smallest absolute Gasteiger partial charge is 0.0825 e. The summed E-state index contributed by atoms with van der Waals surface area (Å²) in [6.45, 7) is 8.80. The molecule has 0 aliphatic carbocycles. The molecular formula is C12H15Cl2N2. The van der Waals surface area contributed by atoms with E-state index in [0.29, 0.717) is 10.0 Å². The number of rotatable bonds is 2. The molecule has 1 heterocycles. The van der Waals surface area contributed by atoms with Crippen molar-refractivity contribution in [3.63, 3.8) is 0 Å². The molecule has 0 unspecified atom stereocenters. The Labute approximate surface area is 107 Å². The molecule has 4 heteroatoms. The highest BCUT2D eigenvalue weighted by Crippen LogP contribution is 2.32. The van der Waals surface area contributed by atoms with Crippen molar-refractivity contribution in [2.75, 3.05) is 37.6 Å². The lowest BCUT2D eigenvalue weighted by atomic mass is 10.2. The third-order valence-electron chi connectivity index (χ3n) is 2.96. The molecule has 1 aliphatic rings. The molecule has 0 spiro atoms. The predicted octanol–water partition coefficient (Wildman–Crippen LogP) is 2.95. The van der Waals surface area contributed by atoms with Crippen molar-refractivity contribution in [2.24, 2.45) is 0 Å². The Kier molecular flexibility index (Phi) is 3.95. The summed E-state index contributed by atoms with van der Waals surface area (Å²) in [6.07, 6.45) is 0. The summed E-state index contributed by atoms with van der Waals surface area (Å²) in [7, 11) is 0. The van der Waals surface area contributed by atoms with Gasteiger partial charge in [0.05, 0.1) is 15.7 Å². The van der Waals surface area contributed by atoms with Gasteiger partial charge in [-0.15, -0.1) is 0 Å². The molecule has 1 aromatic carbocycles. The fourth-order valence-corrected chi connectivity index (χ4v) is 2.36. The fraction of sp³-hybridized carbons (Fsp3) is 0.417. The second kappa shape index (κ2) is 5.26. The number of anilines is 1. The molecule has 1 fully saturated rings. The van der Waals surface area contributed by atoms with Crippen LogP contribution in [-0.2, 0) is 0 Å². The highest BCUT2D eigenvalue weighted by molar-refractivity contribution is 6.43. The lowest BCUT2D eigenvalue weighted by Gasteiger charge is -2.36. The lowest BCUT2D eigenvalue weighted by molar-refractivity contribution is 0.283. The van der Waals surface area contributed by atoms with E-state index in [-0.39, 0.29) is 0 Å². The first-order valence-corrected chi connectivity index (χ1v) is 6.18. The Morgan fingerprint density at radius 2 is 1.81 bits per heavy atom. The Hall–Kier alpha value is -0.440. The van der Waals surface area contributed by atoms with E-state index in [1.807, 2.05) is 18.2 Å². The number of hydrogen-bond donors (Lipinski definition) is 0. The van der Waals surface area contributed by atoms with Crippen LogP contribution in [0.25, 0.3) is 0 Å². The van der Waals surface area contributed by atoms with E-state index in [4.69, 9.17) is 23.2 Å². The van der Waals surface area contributed by atoms with Crippen LogP contribution in [0.5, 0.6) is 0 Å². The Balaban J connectivity index is 2.11. The lowest BCUT2D eigenvalue weighted by Crippen LogP contribution is -2.46. The zero-order chi connectivity index (χ0) is 11.5. The Morgan fingerprint density at radius 3 is 2.44 bits per heavy atom. The Bertz CT molecular complexity index is 360. The highest BCUT2D eigenvalue weighted by atomic mass is 35.5. The third-order valence-corrected chi connectivity index (χ3v) is 3.77. The van der Waals surface area contributed by atoms with Crippen LogP contribution in [0.1, 0.15) is 0 Å². The zero-order valence-corrected chi connectivity index (χ0v) is 10.6. The first-order chi connectivity index (χ1) is 7.72. The minimum Gasteiger partial charge on any atom is -0.368 e. The third kappa shape index (κ3) is 2.45. The summed E-state index contributed by atoms with van der Waals surface area (Å²) in [5, 5.41) is 1.28. The molecule has 1 aromatic rings. The van der Waals surface area contributed by atoms with Gasteiger partial charge in [-0.1, -0.05) is 29.3 Å². The molecule has 0 aromatic heterocycles.